The van der Waals surface area contributed by atoms with Gasteiger partial charge in [0.15, 0.2) is 0 Å². The van der Waals surface area contributed by atoms with Gasteiger partial charge in [0, 0.05) is 18.9 Å². The molecule has 1 heterocycles. The van der Waals surface area contributed by atoms with E-state index >= 15 is 0 Å². The number of rotatable bonds is 10. The van der Waals surface area contributed by atoms with Crippen LogP contribution in [0.5, 0.6) is 0 Å². The number of aliphatic carboxylic acids is 1. The van der Waals surface area contributed by atoms with E-state index in [4.69, 9.17) is 14.6 Å². The Kier molecular flexibility index (Phi) is 7.83. The average molecular weight is 466 g/mol. The standard InChI is InChI=1S/C27H31NO6/c29-25(30)15-3-1-2-8-17-33-26(31)24-14-9-16-28(24)27(32)34-18-23-21-12-6-4-10-19(21)20-11-5-7-13-22(20)23/h4-7,10-13,23-24H,1-3,8-9,14-18H2,(H,29,30)/t24-/m0/s1. The number of carbonyl (C=O) groups is 3. The van der Waals surface area contributed by atoms with Gasteiger partial charge in [0.1, 0.15) is 12.6 Å². The van der Waals surface area contributed by atoms with Crippen molar-refractivity contribution in [2.45, 2.75) is 56.9 Å². The molecule has 0 spiro atoms. The Morgan fingerprint density at radius 2 is 1.53 bits per heavy atom. The van der Waals surface area contributed by atoms with E-state index in [1.54, 1.807) is 0 Å². The third-order valence-corrected chi connectivity index (χ3v) is 6.62. The lowest BCUT2D eigenvalue weighted by atomic mass is 9.98. The fraction of sp³-hybridized carbons (Fsp3) is 0.444. The maximum atomic E-state index is 12.9. The predicted octanol–water partition coefficient (Wildman–Crippen LogP) is 4.98. The summed E-state index contributed by atoms with van der Waals surface area (Å²) in [6.07, 6.45) is 3.90. The number of ether oxygens (including phenoxy) is 2. The molecule has 2 aliphatic rings. The number of unbranched alkanes of at least 4 members (excludes halogenated alkanes) is 3. The Morgan fingerprint density at radius 1 is 0.882 bits per heavy atom. The van der Waals surface area contributed by atoms with E-state index in [-0.39, 0.29) is 25.6 Å². The molecule has 2 aromatic rings. The molecule has 7 heteroatoms. The van der Waals surface area contributed by atoms with Gasteiger partial charge in [-0.15, -0.1) is 0 Å². The molecule has 1 amide bonds. The Bertz CT molecular complexity index is 990. The van der Waals surface area contributed by atoms with E-state index < -0.39 is 24.1 Å². The number of carboxylic acid groups (broad SMARTS) is 1. The first-order valence-electron chi connectivity index (χ1n) is 12.1. The number of likely N-dealkylation sites (tertiary alicyclic amines) is 1. The van der Waals surface area contributed by atoms with Gasteiger partial charge < -0.3 is 14.6 Å². The predicted molar refractivity (Wildman–Crippen MR) is 126 cm³/mol. The van der Waals surface area contributed by atoms with Gasteiger partial charge in [0.25, 0.3) is 0 Å². The van der Waals surface area contributed by atoms with Crippen LogP contribution in [0.3, 0.4) is 0 Å². The lowest BCUT2D eigenvalue weighted by Gasteiger charge is -2.24. The molecule has 0 aromatic heterocycles. The van der Waals surface area contributed by atoms with E-state index in [1.165, 1.54) is 16.0 Å². The molecule has 1 atom stereocenters. The van der Waals surface area contributed by atoms with Gasteiger partial charge in [-0.1, -0.05) is 61.4 Å². The van der Waals surface area contributed by atoms with Crippen LogP contribution in [-0.2, 0) is 19.1 Å². The summed E-state index contributed by atoms with van der Waals surface area (Å²) in [5, 5.41) is 8.65. The quantitative estimate of drug-likeness (QED) is 0.393. The van der Waals surface area contributed by atoms with Gasteiger partial charge in [-0.2, -0.15) is 0 Å². The summed E-state index contributed by atoms with van der Waals surface area (Å²) < 4.78 is 11.1. The topological polar surface area (TPSA) is 93.1 Å². The number of benzene rings is 2. The molecule has 0 saturated carbocycles. The van der Waals surface area contributed by atoms with Crippen LogP contribution < -0.4 is 0 Å². The fourth-order valence-corrected chi connectivity index (χ4v) is 4.91. The van der Waals surface area contributed by atoms with Crippen molar-refractivity contribution in [3.05, 3.63) is 59.7 Å². The second kappa shape index (κ2) is 11.2. The Morgan fingerprint density at radius 3 is 2.21 bits per heavy atom. The minimum absolute atomic E-state index is 0.0227. The van der Waals surface area contributed by atoms with Crippen LogP contribution in [0.15, 0.2) is 48.5 Å². The first-order valence-corrected chi connectivity index (χ1v) is 12.1. The zero-order chi connectivity index (χ0) is 23.9. The number of nitrogens with zero attached hydrogens (tertiary/aromatic N) is 1. The van der Waals surface area contributed by atoms with Gasteiger partial charge in [-0.3, -0.25) is 9.69 Å². The van der Waals surface area contributed by atoms with Crippen molar-refractivity contribution in [1.29, 1.82) is 0 Å². The van der Waals surface area contributed by atoms with E-state index in [0.29, 0.717) is 25.8 Å². The summed E-state index contributed by atoms with van der Waals surface area (Å²) >= 11 is 0. The number of amides is 1. The molecule has 1 N–H and O–H groups in total. The minimum atomic E-state index is -0.791. The summed E-state index contributed by atoms with van der Waals surface area (Å²) in [6, 6.07) is 15.8. The summed E-state index contributed by atoms with van der Waals surface area (Å²) in [5.41, 5.74) is 4.64. The van der Waals surface area contributed by atoms with E-state index in [1.807, 2.05) is 24.3 Å². The first-order chi connectivity index (χ1) is 16.6. The highest BCUT2D eigenvalue weighted by atomic mass is 16.6. The molecule has 180 valence electrons. The van der Waals surface area contributed by atoms with Crippen LogP contribution >= 0.6 is 0 Å². The Labute approximate surface area is 199 Å². The van der Waals surface area contributed by atoms with Crippen molar-refractivity contribution in [1.82, 2.24) is 4.90 Å². The maximum Gasteiger partial charge on any atom is 0.410 e. The van der Waals surface area contributed by atoms with Crippen LogP contribution in [0, 0.1) is 0 Å². The van der Waals surface area contributed by atoms with Crippen LogP contribution in [0.2, 0.25) is 0 Å². The number of carboxylic acids is 1. The molecule has 0 unspecified atom stereocenters. The van der Waals surface area contributed by atoms with E-state index in [9.17, 15) is 14.4 Å². The van der Waals surface area contributed by atoms with Crippen LogP contribution in [0.25, 0.3) is 11.1 Å². The molecular formula is C27H31NO6. The van der Waals surface area contributed by atoms with Crippen molar-refractivity contribution < 1.29 is 29.0 Å². The largest absolute Gasteiger partial charge is 0.481 e. The summed E-state index contributed by atoms with van der Waals surface area (Å²) in [5.74, 6) is -1.21. The van der Waals surface area contributed by atoms with Gasteiger partial charge in [-0.05, 0) is 47.9 Å². The average Bonchev–Trinajstić information content (AvgIpc) is 3.45. The first kappa shape index (κ1) is 23.8. The molecule has 1 aliphatic carbocycles. The van der Waals surface area contributed by atoms with Gasteiger partial charge in [0.2, 0.25) is 0 Å². The highest BCUT2D eigenvalue weighted by Gasteiger charge is 2.37. The van der Waals surface area contributed by atoms with E-state index in [0.717, 1.165) is 30.4 Å². The number of fused-ring (bicyclic) bond motifs is 3. The zero-order valence-electron chi connectivity index (χ0n) is 19.3. The second-order valence-electron chi connectivity index (χ2n) is 8.88. The third kappa shape index (κ3) is 5.41. The van der Waals surface area contributed by atoms with Crippen molar-refractivity contribution in [2.75, 3.05) is 19.8 Å². The van der Waals surface area contributed by atoms with Gasteiger partial charge in [0.05, 0.1) is 6.61 Å². The molecule has 2 aromatic carbocycles. The number of carbonyl (C=O) groups excluding carboxylic acids is 2. The highest BCUT2D eigenvalue weighted by Crippen LogP contribution is 2.44. The third-order valence-electron chi connectivity index (χ3n) is 6.62. The highest BCUT2D eigenvalue weighted by molar-refractivity contribution is 5.82. The fourth-order valence-electron chi connectivity index (χ4n) is 4.91. The molecule has 34 heavy (non-hydrogen) atoms. The molecular weight excluding hydrogens is 434 g/mol. The minimum Gasteiger partial charge on any atom is -0.481 e. The van der Waals surface area contributed by atoms with Crippen LogP contribution in [0.1, 0.15) is 62.0 Å². The van der Waals surface area contributed by atoms with Gasteiger partial charge >= 0.3 is 18.0 Å². The van der Waals surface area contributed by atoms with Crippen molar-refractivity contribution in [2.24, 2.45) is 0 Å². The molecule has 1 fully saturated rings. The normalized spacial score (nSPS) is 16.7. The summed E-state index contributed by atoms with van der Waals surface area (Å²) in [4.78, 5) is 37.5. The number of hydrogen-bond acceptors (Lipinski definition) is 5. The Balaban J connectivity index is 1.27. The second-order valence-corrected chi connectivity index (χ2v) is 8.88. The SMILES string of the molecule is O=C(O)CCCCCCOC(=O)[C@@H]1CCCN1C(=O)OCC1c2ccccc2-c2ccccc21. The Hall–Kier alpha value is -3.35. The maximum absolute atomic E-state index is 12.9. The van der Waals surface area contributed by atoms with Gasteiger partial charge in [-0.25, -0.2) is 9.59 Å². The number of hydrogen-bond donors (Lipinski definition) is 1. The van der Waals surface area contributed by atoms with Crippen molar-refractivity contribution in [3.8, 4) is 11.1 Å². The summed E-state index contributed by atoms with van der Waals surface area (Å²) in [7, 11) is 0. The van der Waals surface area contributed by atoms with Crippen LogP contribution in [0.4, 0.5) is 4.79 Å². The lowest BCUT2D eigenvalue weighted by molar-refractivity contribution is -0.148. The molecule has 7 nitrogen and oxygen atoms in total. The van der Waals surface area contributed by atoms with Crippen molar-refractivity contribution in [3.63, 3.8) is 0 Å². The molecule has 1 saturated heterocycles. The smallest absolute Gasteiger partial charge is 0.410 e. The molecule has 0 bridgehead atoms. The van der Waals surface area contributed by atoms with Crippen LogP contribution in [-0.4, -0.2) is 53.8 Å². The van der Waals surface area contributed by atoms with Crippen molar-refractivity contribution >= 4 is 18.0 Å². The zero-order valence-corrected chi connectivity index (χ0v) is 19.3. The summed E-state index contributed by atoms with van der Waals surface area (Å²) in [6.45, 7) is 0.980. The molecule has 1 aliphatic heterocycles. The molecule has 4 rings (SSSR count). The number of esters is 1. The lowest BCUT2D eigenvalue weighted by Crippen LogP contribution is -2.42. The van der Waals surface area contributed by atoms with E-state index in [2.05, 4.69) is 24.3 Å². The molecule has 0 radical (unpaired) electrons. The monoisotopic (exact) mass is 465 g/mol.